The van der Waals surface area contributed by atoms with Crippen molar-refractivity contribution in [3.8, 4) is 22.0 Å². The summed E-state index contributed by atoms with van der Waals surface area (Å²) in [6, 6.07) is 9.52. The van der Waals surface area contributed by atoms with Gasteiger partial charge in [-0.15, -0.1) is 11.3 Å². The van der Waals surface area contributed by atoms with Crippen LogP contribution in [-0.4, -0.2) is 47.7 Å². The molecule has 0 radical (unpaired) electrons. The lowest BCUT2D eigenvalue weighted by molar-refractivity contribution is -0.146. The fourth-order valence-corrected chi connectivity index (χ4v) is 4.95. The van der Waals surface area contributed by atoms with Crippen molar-refractivity contribution in [2.45, 2.75) is 44.4 Å². The Labute approximate surface area is 202 Å². The second kappa shape index (κ2) is 8.91. The summed E-state index contributed by atoms with van der Waals surface area (Å²) in [5.74, 6) is -0.617. The van der Waals surface area contributed by atoms with E-state index in [-0.39, 0.29) is 23.3 Å². The zero-order valence-electron chi connectivity index (χ0n) is 19.0. The normalized spacial score (nSPS) is 16.7. The number of amides is 1. The minimum absolute atomic E-state index is 0.0754. The van der Waals surface area contributed by atoms with Crippen molar-refractivity contribution in [3.05, 3.63) is 59.1 Å². The van der Waals surface area contributed by atoms with Crippen LogP contribution in [0.1, 0.15) is 41.3 Å². The highest BCUT2D eigenvalue weighted by molar-refractivity contribution is 7.13. The number of halogens is 3. The highest BCUT2D eigenvalue weighted by Gasteiger charge is 2.39. The summed E-state index contributed by atoms with van der Waals surface area (Å²) in [5.41, 5.74) is 1.51. The summed E-state index contributed by atoms with van der Waals surface area (Å²) in [5, 5.41) is 13.5. The van der Waals surface area contributed by atoms with E-state index in [4.69, 9.17) is 0 Å². The maximum Gasteiger partial charge on any atom is 0.397 e. The van der Waals surface area contributed by atoms with Gasteiger partial charge in [0.2, 0.25) is 0 Å². The number of carbonyl (C=O) groups is 1. The Morgan fingerprint density at radius 3 is 2.74 bits per heavy atom. The van der Waals surface area contributed by atoms with Crippen LogP contribution < -0.4 is 5.32 Å². The number of aromatic nitrogens is 6. The number of hydrogen-bond donors (Lipinski definition) is 1. The van der Waals surface area contributed by atoms with Gasteiger partial charge in [-0.2, -0.15) is 23.4 Å². The number of alkyl halides is 3. The first-order valence-electron chi connectivity index (χ1n) is 11.0. The van der Waals surface area contributed by atoms with Crippen LogP contribution in [0.25, 0.3) is 22.0 Å². The van der Waals surface area contributed by atoms with Gasteiger partial charge in [0.05, 0.1) is 23.4 Å². The highest BCUT2D eigenvalue weighted by Crippen LogP contribution is 2.37. The van der Waals surface area contributed by atoms with Gasteiger partial charge < -0.3 is 5.32 Å². The number of hydrogen-bond acceptors (Lipinski definition) is 6. The number of benzene rings is 1. The maximum atomic E-state index is 13.2. The zero-order valence-corrected chi connectivity index (χ0v) is 19.8. The largest absolute Gasteiger partial charge is 0.397 e. The smallest absolute Gasteiger partial charge is 0.347 e. The maximum absolute atomic E-state index is 13.2. The van der Waals surface area contributed by atoms with E-state index in [1.54, 1.807) is 7.05 Å². The lowest BCUT2D eigenvalue weighted by Gasteiger charge is -2.23. The third-order valence-corrected chi connectivity index (χ3v) is 6.97. The summed E-state index contributed by atoms with van der Waals surface area (Å²) in [4.78, 5) is 22.0. The molecule has 12 heteroatoms. The predicted molar refractivity (Wildman–Crippen MR) is 124 cm³/mol. The lowest BCUT2D eigenvalue weighted by Crippen LogP contribution is -2.41. The number of rotatable bonds is 5. The van der Waals surface area contributed by atoms with Gasteiger partial charge in [-0.1, -0.05) is 30.3 Å². The van der Waals surface area contributed by atoms with Gasteiger partial charge >= 0.3 is 6.18 Å². The van der Waals surface area contributed by atoms with Crippen molar-refractivity contribution in [2.24, 2.45) is 7.05 Å². The lowest BCUT2D eigenvalue weighted by atomic mass is 10.1. The molecule has 2 atom stereocenters. The Hall–Kier alpha value is -3.54. The van der Waals surface area contributed by atoms with Crippen LogP contribution in [0.15, 0.2) is 41.9 Å². The van der Waals surface area contributed by atoms with E-state index in [9.17, 15) is 18.0 Å². The molecule has 1 aliphatic rings. The minimum Gasteiger partial charge on any atom is -0.347 e. The zero-order chi connectivity index (χ0) is 24.7. The Bertz CT molecular complexity index is 1360. The van der Waals surface area contributed by atoms with Crippen molar-refractivity contribution in [1.82, 2.24) is 34.8 Å². The summed E-state index contributed by atoms with van der Waals surface area (Å²) in [7, 11) is 1.62. The molecule has 1 aromatic carbocycles. The van der Waals surface area contributed by atoms with Gasteiger partial charge in [0.25, 0.3) is 5.91 Å². The van der Waals surface area contributed by atoms with Crippen molar-refractivity contribution < 1.29 is 18.0 Å². The summed E-state index contributed by atoms with van der Waals surface area (Å²) in [6.45, 7) is 1.68. The SMILES string of the molecule is CC(c1csc(-c2cnn(C)c2C(=O)NC2CCn3nc(-c4ccccc4)nc3C2)n1)C(F)(F)F. The van der Waals surface area contributed by atoms with E-state index in [0.29, 0.717) is 35.8 Å². The summed E-state index contributed by atoms with van der Waals surface area (Å²) in [6.07, 6.45) is -1.74. The topological polar surface area (TPSA) is 90.5 Å². The first-order chi connectivity index (χ1) is 16.7. The van der Waals surface area contributed by atoms with Crippen LogP contribution in [-0.2, 0) is 20.0 Å². The number of carbonyl (C=O) groups excluding carboxylic acids is 1. The third-order valence-electron chi connectivity index (χ3n) is 6.07. The van der Waals surface area contributed by atoms with Crippen LogP contribution in [0.2, 0.25) is 0 Å². The van der Waals surface area contributed by atoms with Crippen molar-refractivity contribution in [2.75, 3.05) is 0 Å². The molecule has 35 heavy (non-hydrogen) atoms. The first kappa shape index (κ1) is 23.2. The molecule has 0 spiro atoms. The summed E-state index contributed by atoms with van der Waals surface area (Å²) >= 11 is 1.06. The number of nitrogens with zero attached hydrogens (tertiary/aromatic N) is 6. The van der Waals surface area contributed by atoms with E-state index in [1.165, 1.54) is 16.3 Å². The predicted octanol–water partition coefficient (Wildman–Crippen LogP) is 4.21. The molecule has 5 rings (SSSR count). The number of aryl methyl sites for hydroxylation is 2. The van der Waals surface area contributed by atoms with Crippen LogP contribution in [0.4, 0.5) is 13.2 Å². The minimum atomic E-state index is -4.39. The van der Waals surface area contributed by atoms with Gasteiger partial charge in [0, 0.05) is 37.0 Å². The van der Waals surface area contributed by atoms with Gasteiger partial charge in [0.1, 0.15) is 16.5 Å². The molecule has 1 N–H and O–H groups in total. The van der Waals surface area contributed by atoms with Gasteiger partial charge in [-0.25, -0.2) is 14.6 Å². The average molecular weight is 502 g/mol. The summed E-state index contributed by atoms with van der Waals surface area (Å²) < 4.78 is 42.6. The van der Waals surface area contributed by atoms with E-state index < -0.39 is 12.1 Å². The van der Waals surface area contributed by atoms with Gasteiger partial charge in [-0.05, 0) is 13.3 Å². The molecular formula is C23H22F3N7OS. The molecule has 3 aromatic heterocycles. The van der Waals surface area contributed by atoms with Crippen molar-refractivity contribution in [1.29, 1.82) is 0 Å². The Kier molecular flexibility index (Phi) is 5.91. The number of thiazole rings is 1. The van der Waals surface area contributed by atoms with Crippen LogP contribution >= 0.6 is 11.3 Å². The molecule has 1 aliphatic heterocycles. The molecule has 0 fully saturated rings. The van der Waals surface area contributed by atoms with E-state index >= 15 is 0 Å². The molecule has 0 saturated carbocycles. The van der Waals surface area contributed by atoms with E-state index in [2.05, 4.69) is 25.5 Å². The Balaban J connectivity index is 1.33. The van der Waals surface area contributed by atoms with Gasteiger partial charge in [0.15, 0.2) is 5.82 Å². The quantitative estimate of drug-likeness (QED) is 0.442. The monoisotopic (exact) mass is 501 g/mol. The fraction of sp³-hybridized carbons (Fsp3) is 0.348. The molecule has 8 nitrogen and oxygen atoms in total. The Morgan fingerprint density at radius 1 is 1.23 bits per heavy atom. The van der Waals surface area contributed by atoms with Crippen LogP contribution in [0, 0.1) is 0 Å². The third kappa shape index (κ3) is 4.57. The molecule has 4 heterocycles. The molecular weight excluding hydrogens is 479 g/mol. The second-order valence-corrected chi connectivity index (χ2v) is 9.33. The molecule has 182 valence electrons. The molecule has 4 aromatic rings. The second-order valence-electron chi connectivity index (χ2n) is 8.48. The molecule has 0 aliphatic carbocycles. The number of fused-ring (bicyclic) bond motifs is 1. The average Bonchev–Trinajstić information content (AvgIpc) is 3.56. The van der Waals surface area contributed by atoms with E-state index in [1.807, 2.05) is 35.0 Å². The van der Waals surface area contributed by atoms with Crippen molar-refractivity contribution >= 4 is 17.2 Å². The first-order valence-corrected chi connectivity index (χ1v) is 11.9. The van der Waals surface area contributed by atoms with Crippen molar-refractivity contribution in [3.63, 3.8) is 0 Å². The molecule has 1 amide bonds. The van der Waals surface area contributed by atoms with E-state index in [0.717, 1.165) is 29.6 Å². The molecule has 0 saturated heterocycles. The molecule has 2 unspecified atom stereocenters. The molecule has 0 bridgehead atoms. The van der Waals surface area contributed by atoms with Crippen LogP contribution in [0.3, 0.4) is 0 Å². The highest BCUT2D eigenvalue weighted by atomic mass is 32.1. The van der Waals surface area contributed by atoms with Gasteiger partial charge in [-0.3, -0.25) is 9.48 Å². The fourth-order valence-electron chi connectivity index (χ4n) is 4.03. The number of nitrogens with one attached hydrogen (secondary N) is 1. The Morgan fingerprint density at radius 2 is 2.00 bits per heavy atom. The standard InChI is InChI=1S/C23H22F3N7OS/c1-13(23(24,25)26)17-12-35-22(29-17)16-11-27-32(2)19(16)21(34)28-15-8-9-33-18(10-15)30-20(31-33)14-6-4-3-5-7-14/h3-7,11-13,15H,8-10H2,1-2H3,(H,28,34). The van der Waals surface area contributed by atoms with Crippen LogP contribution in [0.5, 0.6) is 0 Å².